The second kappa shape index (κ2) is 12.7. The fourth-order valence-corrected chi connectivity index (χ4v) is 5.43. The van der Waals surface area contributed by atoms with Crippen LogP contribution in [0.3, 0.4) is 0 Å². The van der Waals surface area contributed by atoms with Crippen LogP contribution < -0.4 is 4.90 Å². The Morgan fingerprint density at radius 2 is 0.711 bits per heavy atom. The van der Waals surface area contributed by atoms with Crippen LogP contribution in [0.1, 0.15) is 97.0 Å². The molecule has 0 spiro atoms. The number of rotatable bonds is 8. The molecule has 0 fully saturated rings. The first-order valence-electron chi connectivity index (χ1n) is 15.7. The molecule has 0 aromatic heterocycles. The lowest BCUT2D eigenvalue weighted by molar-refractivity contribution is 0.103. The Hall–Kier alpha value is -4.76. The van der Waals surface area contributed by atoms with Gasteiger partial charge in [-0.2, -0.15) is 0 Å². The number of nitrogens with zero attached hydrogens (tertiary/aromatic N) is 1. The van der Waals surface area contributed by atoms with Crippen molar-refractivity contribution in [3.8, 4) is 0 Å². The van der Waals surface area contributed by atoms with Gasteiger partial charge in [-0.25, -0.2) is 0 Å². The number of hydrogen-bond donors (Lipinski definition) is 0. The van der Waals surface area contributed by atoms with Crippen LogP contribution in [0.15, 0.2) is 121 Å². The van der Waals surface area contributed by atoms with Crippen LogP contribution in [0.25, 0.3) is 0 Å². The van der Waals surface area contributed by atoms with E-state index >= 15 is 0 Å². The van der Waals surface area contributed by atoms with E-state index in [4.69, 9.17) is 0 Å². The molecule has 0 amide bonds. The summed E-state index contributed by atoms with van der Waals surface area (Å²) in [5, 5.41) is 0. The van der Waals surface area contributed by atoms with Crippen LogP contribution in [0.4, 0.5) is 17.1 Å². The average molecular weight is 594 g/mol. The molecule has 0 aliphatic rings. The average Bonchev–Trinajstić information content (AvgIpc) is 3.04. The van der Waals surface area contributed by atoms with E-state index < -0.39 is 0 Å². The van der Waals surface area contributed by atoms with E-state index in [1.807, 2.05) is 97.1 Å². The molecule has 45 heavy (non-hydrogen) atoms. The van der Waals surface area contributed by atoms with E-state index in [0.29, 0.717) is 22.3 Å². The molecular weight excluding hydrogens is 550 g/mol. The van der Waals surface area contributed by atoms with Crippen LogP contribution in [-0.2, 0) is 17.3 Å². The lowest BCUT2D eigenvalue weighted by Crippen LogP contribution is -2.12. The monoisotopic (exact) mass is 593 g/mol. The molecule has 0 aliphatic heterocycles. The van der Waals surface area contributed by atoms with Crippen LogP contribution in [0.5, 0.6) is 0 Å². The SMILES string of the molecule is CCc1ccc(N(c2ccc(C(=O)c3ccc(C(C)(C)C)cc3)cc2)c2ccc(C(=O)c3ccc(C(C)(C)C)cc3)cc2)cc1. The third-order valence-corrected chi connectivity index (χ3v) is 8.40. The van der Waals surface area contributed by atoms with Crippen molar-refractivity contribution in [3.05, 3.63) is 160 Å². The summed E-state index contributed by atoms with van der Waals surface area (Å²) >= 11 is 0. The molecule has 0 unspecified atom stereocenters. The Labute approximate surface area is 268 Å². The van der Waals surface area contributed by atoms with Gasteiger partial charge in [0.25, 0.3) is 0 Å². The minimum absolute atomic E-state index is 0.000689. The Morgan fingerprint density at radius 3 is 0.978 bits per heavy atom. The van der Waals surface area contributed by atoms with Crippen LogP contribution in [-0.4, -0.2) is 11.6 Å². The Kier molecular flexibility index (Phi) is 8.93. The smallest absolute Gasteiger partial charge is 0.193 e. The van der Waals surface area contributed by atoms with Gasteiger partial charge < -0.3 is 4.90 Å². The third kappa shape index (κ3) is 7.15. The molecular formula is C42H43NO2. The Balaban J connectivity index is 1.43. The lowest BCUT2D eigenvalue weighted by atomic mass is 9.86. The second-order valence-corrected chi connectivity index (χ2v) is 13.8. The highest BCUT2D eigenvalue weighted by atomic mass is 16.1. The molecule has 0 N–H and O–H groups in total. The fraction of sp³-hybridized carbons (Fsp3) is 0.238. The van der Waals surface area contributed by atoms with Gasteiger partial charge in [0.1, 0.15) is 0 Å². The molecule has 0 saturated heterocycles. The minimum atomic E-state index is -0.000689. The molecule has 0 saturated carbocycles. The highest BCUT2D eigenvalue weighted by Gasteiger charge is 2.19. The predicted octanol–water partition coefficient (Wildman–Crippen LogP) is 10.8. The zero-order valence-electron chi connectivity index (χ0n) is 27.5. The summed E-state index contributed by atoms with van der Waals surface area (Å²) in [5.74, 6) is -0.00138. The zero-order chi connectivity index (χ0) is 32.4. The summed E-state index contributed by atoms with van der Waals surface area (Å²) in [6.45, 7) is 15.2. The maximum atomic E-state index is 13.3. The molecule has 0 heterocycles. The van der Waals surface area contributed by atoms with Gasteiger partial charge in [0.2, 0.25) is 0 Å². The van der Waals surface area contributed by atoms with Crippen molar-refractivity contribution < 1.29 is 9.59 Å². The summed E-state index contributed by atoms with van der Waals surface area (Å²) in [5.41, 5.74) is 9.21. The molecule has 3 heteroatoms. The topological polar surface area (TPSA) is 37.4 Å². The van der Waals surface area contributed by atoms with E-state index in [9.17, 15) is 9.59 Å². The number of aryl methyl sites for hydroxylation is 1. The van der Waals surface area contributed by atoms with Crippen molar-refractivity contribution in [1.29, 1.82) is 0 Å². The van der Waals surface area contributed by atoms with Crippen molar-refractivity contribution >= 4 is 28.6 Å². The summed E-state index contributed by atoms with van der Waals surface area (Å²) in [7, 11) is 0. The van der Waals surface area contributed by atoms with Gasteiger partial charge in [-0.05, 0) is 94.6 Å². The van der Waals surface area contributed by atoms with E-state index in [0.717, 1.165) is 23.5 Å². The molecule has 5 aromatic carbocycles. The third-order valence-electron chi connectivity index (χ3n) is 8.40. The lowest BCUT2D eigenvalue weighted by Gasteiger charge is -2.26. The van der Waals surface area contributed by atoms with Gasteiger partial charge in [-0.15, -0.1) is 0 Å². The highest BCUT2D eigenvalue weighted by Crippen LogP contribution is 2.35. The normalized spacial score (nSPS) is 11.7. The van der Waals surface area contributed by atoms with Crippen molar-refractivity contribution in [2.45, 2.75) is 65.7 Å². The van der Waals surface area contributed by atoms with E-state index in [2.05, 4.69) is 77.6 Å². The first kappa shape index (κ1) is 31.7. The zero-order valence-corrected chi connectivity index (χ0v) is 27.5. The van der Waals surface area contributed by atoms with Gasteiger partial charge >= 0.3 is 0 Å². The van der Waals surface area contributed by atoms with Crippen LogP contribution >= 0.6 is 0 Å². The van der Waals surface area contributed by atoms with Gasteiger partial charge in [-0.3, -0.25) is 9.59 Å². The van der Waals surface area contributed by atoms with Crippen LogP contribution in [0.2, 0.25) is 0 Å². The minimum Gasteiger partial charge on any atom is -0.311 e. The molecule has 0 radical (unpaired) electrons. The summed E-state index contributed by atoms with van der Waals surface area (Å²) in [4.78, 5) is 28.8. The summed E-state index contributed by atoms with van der Waals surface area (Å²) in [6.07, 6.45) is 0.960. The number of anilines is 3. The highest BCUT2D eigenvalue weighted by molar-refractivity contribution is 6.10. The first-order chi connectivity index (χ1) is 21.3. The van der Waals surface area contributed by atoms with Crippen molar-refractivity contribution in [2.24, 2.45) is 0 Å². The van der Waals surface area contributed by atoms with Gasteiger partial charge in [-0.1, -0.05) is 109 Å². The standard InChI is InChI=1S/C42H43NO2/c1-8-29-9-23-36(24-10-29)43(37-25-15-32(16-26-37)39(44)30-11-19-34(20-12-30)41(2,3)4)38-27-17-33(18-28-38)40(45)31-13-21-35(22-14-31)42(5,6)7/h9-28H,8H2,1-7H3. The molecule has 0 bridgehead atoms. The van der Waals surface area contributed by atoms with Crippen molar-refractivity contribution in [2.75, 3.05) is 4.90 Å². The maximum Gasteiger partial charge on any atom is 0.193 e. The van der Waals surface area contributed by atoms with E-state index in [1.54, 1.807) is 0 Å². The van der Waals surface area contributed by atoms with Crippen molar-refractivity contribution in [1.82, 2.24) is 0 Å². The van der Waals surface area contributed by atoms with Gasteiger partial charge in [0.15, 0.2) is 11.6 Å². The largest absolute Gasteiger partial charge is 0.311 e. The molecule has 228 valence electrons. The summed E-state index contributed by atoms with van der Waals surface area (Å²) in [6, 6.07) is 39.8. The van der Waals surface area contributed by atoms with Gasteiger partial charge in [0.05, 0.1) is 0 Å². The quantitative estimate of drug-likeness (QED) is 0.168. The van der Waals surface area contributed by atoms with E-state index in [-0.39, 0.29) is 22.4 Å². The van der Waals surface area contributed by atoms with E-state index in [1.165, 1.54) is 16.7 Å². The number of carbonyl (C=O) groups excluding carboxylic acids is 2. The molecule has 5 aromatic rings. The number of benzene rings is 5. The number of hydrogen-bond acceptors (Lipinski definition) is 3. The Bertz CT molecular complexity index is 1650. The number of carbonyl (C=O) groups is 2. The molecule has 0 atom stereocenters. The molecule has 3 nitrogen and oxygen atoms in total. The second-order valence-electron chi connectivity index (χ2n) is 13.8. The van der Waals surface area contributed by atoms with Crippen LogP contribution in [0, 0.1) is 0 Å². The molecule has 0 aliphatic carbocycles. The summed E-state index contributed by atoms with van der Waals surface area (Å²) < 4.78 is 0. The predicted molar refractivity (Wildman–Crippen MR) is 188 cm³/mol. The van der Waals surface area contributed by atoms with Gasteiger partial charge in [0, 0.05) is 39.3 Å². The first-order valence-corrected chi connectivity index (χ1v) is 15.7. The fourth-order valence-electron chi connectivity index (χ4n) is 5.43. The van der Waals surface area contributed by atoms with Crippen molar-refractivity contribution in [3.63, 3.8) is 0 Å². The number of ketones is 2. The Morgan fingerprint density at radius 1 is 0.444 bits per heavy atom. The maximum absolute atomic E-state index is 13.3. The molecule has 5 rings (SSSR count).